The molecule has 1 rings (SSSR count). The van der Waals surface area contributed by atoms with Gasteiger partial charge in [0.2, 0.25) is 0 Å². The average Bonchev–Trinajstić information content (AvgIpc) is 2.54. The standard InChI is InChI=1S/C8H11F3N2OS/c1-6(4-12-5-8(9,10)11)15-7-13-2-3-14-7/h2-3,6,12H,4-5H2,1H3. The second kappa shape index (κ2) is 5.41. The first-order valence-corrected chi connectivity index (χ1v) is 5.19. The van der Waals surface area contributed by atoms with Gasteiger partial charge in [0, 0.05) is 11.8 Å². The van der Waals surface area contributed by atoms with Gasteiger partial charge >= 0.3 is 6.18 Å². The van der Waals surface area contributed by atoms with Crippen molar-refractivity contribution in [3.63, 3.8) is 0 Å². The van der Waals surface area contributed by atoms with Crippen LogP contribution in [0.2, 0.25) is 0 Å². The molecule has 1 heterocycles. The summed E-state index contributed by atoms with van der Waals surface area (Å²) in [5.74, 6) is 0. The van der Waals surface area contributed by atoms with Crippen LogP contribution in [0.3, 0.4) is 0 Å². The van der Waals surface area contributed by atoms with Crippen LogP contribution in [0.25, 0.3) is 0 Å². The Kier molecular flexibility index (Phi) is 4.46. The smallest absolute Gasteiger partial charge is 0.401 e. The third-order valence-corrected chi connectivity index (χ3v) is 2.44. The van der Waals surface area contributed by atoms with Crippen LogP contribution < -0.4 is 5.32 Å². The first-order chi connectivity index (χ1) is 6.97. The number of halogens is 3. The molecule has 0 bridgehead atoms. The minimum Gasteiger partial charge on any atom is -0.440 e. The minimum absolute atomic E-state index is 0.0222. The molecule has 0 saturated heterocycles. The predicted octanol–water partition coefficient (Wildman–Crippen LogP) is 2.31. The summed E-state index contributed by atoms with van der Waals surface area (Å²) in [5.41, 5.74) is 0. The normalized spacial score (nSPS) is 14.1. The van der Waals surface area contributed by atoms with E-state index < -0.39 is 12.7 Å². The molecule has 0 fully saturated rings. The summed E-state index contributed by atoms with van der Waals surface area (Å²) in [7, 11) is 0. The van der Waals surface area contributed by atoms with E-state index in [1.54, 1.807) is 6.92 Å². The molecule has 86 valence electrons. The number of alkyl halides is 3. The molecule has 1 aromatic heterocycles. The van der Waals surface area contributed by atoms with Crippen molar-refractivity contribution in [1.82, 2.24) is 10.3 Å². The first kappa shape index (κ1) is 12.4. The molecule has 1 unspecified atom stereocenters. The average molecular weight is 240 g/mol. The van der Waals surface area contributed by atoms with Gasteiger partial charge in [-0.15, -0.1) is 0 Å². The van der Waals surface area contributed by atoms with Crippen molar-refractivity contribution in [2.45, 2.75) is 23.6 Å². The van der Waals surface area contributed by atoms with Gasteiger partial charge in [0.15, 0.2) is 0 Å². The SMILES string of the molecule is CC(CNCC(F)(F)F)Sc1ncco1. The van der Waals surface area contributed by atoms with Crippen molar-refractivity contribution in [2.75, 3.05) is 13.1 Å². The van der Waals surface area contributed by atoms with Gasteiger partial charge in [-0.05, 0) is 0 Å². The molecule has 0 aliphatic heterocycles. The number of rotatable bonds is 5. The summed E-state index contributed by atoms with van der Waals surface area (Å²) in [6, 6.07) is 0. The van der Waals surface area contributed by atoms with Crippen LogP contribution in [-0.4, -0.2) is 29.5 Å². The molecule has 0 spiro atoms. The maximum atomic E-state index is 11.8. The number of aromatic nitrogens is 1. The summed E-state index contributed by atoms with van der Waals surface area (Å²) in [6.07, 6.45) is -1.23. The third kappa shape index (κ3) is 5.68. The maximum absolute atomic E-state index is 11.8. The number of oxazole rings is 1. The molecule has 1 aromatic rings. The Morgan fingerprint density at radius 2 is 2.33 bits per heavy atom. The Morgan fingerprint density at radius 3 is 2.87 bits per heavy atom. The summed E-state index contributed by atoms with van der Waals surface area (Å²) in [6.45, 7) is 1.09. The molecule has 0 aliphatic carbocycles. The van der Waals surface area contributed by atoms with Gasteiger partial charge in [-0.2, -0.15) is 13.2 Å². The van der Waals surface area contributed by atoms with Crippen LogP contribution >= 0.6 is 11.8 Å². The monoisotopic (exact) mass is 240 g/mol. The molecule has 0 amide bonds. The van der Waals surface area contributed by atoms with Crippen molar-refractivity contribution in [3.8, 4) is 0 Å². The zero-order valence-electron chi connectivity index (χ0n) is 8.04. The summed E-state index contributed by atoms with van der Waals surface area (Å²) in [4.78, 5) is 3.86. The van der Waals surface area contributed by atoms with Crippen LogP contribution in [0.4, 0.5) is 13.2 Å². The molecule has 0 aromatic carbocycles. The first-order valence-electron chi connectivity index (χ1n) is 4.31. The van der Waals surface area contributed by atoms with Gasteiger partial charge in [0.1, 0.15) is 6.26 Å². The molecule has 15 heavy (non-hydrogen) atoms. The highest BCUT2D eigenvalue weighted by Crippen LogP contribution is 2.20. The van der Waals surface area contributed by atoms with Crippen molar-refractivity contribution in [3.05, 3.63) is 12.5 Å². The van der Waals surface area contributed by atoms with Crippen LogP contribution in [0, 0.1) is 0 Å². The van der Waals surface area contributed by atoms with Crippen molar-refractivity contribution in [1.29, 1.82) is 0 Å². The Bertz CT molecular complexity index is 276. The lowest BCUT2D eigenvalue weighted by atomic mass is 10.4. The molecule has 1 N–H and O–H groups in total. The number of hydrogen-bond acceptors (Lipinski definition) is 4. The summed E-state index contributed by atoms with van der Waals surface area (Å²) in [5, 5.41) is 2.77. The molecule has 7 heteroatoms. The Hall–Kier alpha value is -0.690. The Morgan fingerprint density at radius 1 is 1.60 bits per heavy atom. The predicted molar refractivity (Wildman–Crippen MR) is 50.7 cm³/mol. The van der Waals surface area contributed by atoms with E-state index in [9.17, 15) is 13.2 Å². The molecular formula is C8H11F3N2OS. The lowest BCUT2D eigenvalue weighted by molar-refractivity contribution is -0.124. The van der Waals surface area contributed by atoms with Gasteiger partial charge in [-0.1, -0.05) is 18.7 Å². The van der Waals surface area contributed by atoms with Crippen molar-refractivity contribution >= 4 is 11.8 Å². The van der Waals surface area contributed by atoms with Gasteiger partial charge in [0.05, 0.1) is 12.7 Å². The fourth-order valence-corrected chi connectivity index (χ4v) is 1.68. The number of nitrogens with zero attached hydrogens (tertiary/aromatic N) is 1. The molecule has 1 atom stereocenters. The van der Waals surface area contributed by atoms with E-state index in [0.29, 0.717) is 5.22 Å². The second-order valence-corrected chi connectivity index (χ2v) is 4.36. The molecular weight excluding hydrogens is 229 g/mol. The highest BCUT2D eigenvalue weighted by molar-refractivity contribution is 7.99. The van der Waals surface area contributed by atoms with E-state index in [1.807, 2.05) is 0 Å². The van der Waals surface area contributed by atoms with E-state index in [2.05, 4.69) is 10.3 Å². The zero-order chi connectivity index (χ0) is 11.3. The fraction of sp³-hybridized carbons (Fsp3) is 0.625. The Balaban J connectivity index is 2.17. The van der Waals surface area contributed by atoms with E-state index in [4.69, 9.17) is 4.42 Å². The maximum Gasteiger partial charge on any atom is 0.401 e. The van der Waals surface area contributed by atoms with Gasteiger partial charge in [-0.3, -0.25) is 0 Å². The third-order valence-electron chi connectivity index (χ3n) is 1.47. The fourth-order valence-electron chi connectivity index (χ4n) is 0.899. The Labute approximate surface area is 89.4 Å². The molecule has 0 aliphatic rings. The molecule has 0 saturated carbocycles. The quantitative estimate of drug-likeness (QED) is 0.801. The lowest BCUT2D eigenvalue weighted by Gasteiger charge is -2.11. The minimum atomic E-state index is -4.16. The van der Waals surface area contributed by atoms with Gasteiger partial charge in [-0.25, -0.2) is 4.98 Å². The topological polar surface area (TPSA) is 38.1 Å². The number of nitrogens with one attached hydrogen (secondary N) is 1. The van der Waals surface area contributed by atoms with Crippen LogP contribution in [-0.2, 0) is 0 Å². The van der Waals surface area contributed by atoms with Gasteiger partial charge < -0.3 is 9.73 Å². The summed E-state index contributed by atoms with van der Waals surface area (Å²) < 4.78 is 40.3. The molecule has 0 radical (unpaired) electrons. The van der Waals surface area contributed by atoms with Crippen molar-refractivity contribution in [2.24, 2.45) is 0 Å². The largest absolute Gasteiger partial charge is 0.440 e. The van der Waals surface area contributed by atoms with Crippen molar-refractivity contribution < 1.29 is 17.6 Å². The second-order valence-electron chi connectivity index (χ2n) is 2.97. The van der Waals surface area contributed by atoms with E-state index >= 15 is 0 Å². The van der Waals surface area contributed by atoms with Crippen LogP contribution in [0.1, 0.15) is 6.92 Å². The summed E-state index contributed by atoms with van der Waals surface area (Å²) >= 11 is 1.29. The van der Waals surface area contributed by atoms with Crippen LogP contribution in [0.5, 0.6) is 0 Å². The molecule has 3 nitrogen and oxygen atoms in total. The highest BCUT2D eigenvalue weighted by Gasteiger charge is 2.26. The number of hydrogen-bond donors (Lipinski definition) is 1. The zero-order valence-corrected chi connectivity index (χ0v) is 8.86. The number of thioether (sulfide) groups is 1. The van der Waals surface area contributed by atoms with E-state index in [0.717, 1.165) is 0 Å². The van der Waals surface area contributed by atoms with E-state index in [-0.39, 0.29) is 11.8 Å². The lowest BCUT2D eigenvalue weighted by Crippen LogP contribution is -2.32. The highest BCUT2D eigenvalue weighted by atomic mass is 32.2. The van der Waals surface area contributed by atoms with Crippen LogP contribution in [0.15, 0.2) is 22.1 Å². The van der Waals surface area contributed by atoms with E-state index in [1.165, 1.54) is 24.2 Å². The van der Waals surface area contributed by atoms with Gasteiger partial charge in [0.25, 0.3) is 5.22 Å².